The second-order valence-electron chi connectivity index (χ2n) is 2.58. The highest BCUT2D eigenvalue weighted by Crippen LogP contribution is 2.12. The number of benzene rings is 1. The number of rotatable bonds is 0. The normalized spacial score (nSPS) is 10.6. The molecule has 0 atom stereocenters. The Balaban J connectivity index is 2.87. The van der Waals surface area contributed by atoms with Gasteiger partial charge >= 0.3 is 0 Å². The molecule has 0 saturated heterocycles. The number of hydrogen-bond acceptors (Lipinski definition) is 2. The summed E-state index contributed by atoms with van der Waals surface area (Å²) >= 11 is 0. The van der Waals surface area contributed by atoms with Crippen LogP contribution in [-0.4, -0.2) is 14.9 Å². The molecule has 2 aromatic rings. The Labute approximate surface area is 63.9 Å². The first-order valence-electron chi connectivity index (χ1n) is 3.40. The van der Waals surface area contributed by atoms with Crippen molar-refractivity contribution in [2.75, 3.05) is 0 Å². The van der Waals surface area contributed by atoms with Crippen LogP contribution < -0.4 is 0 Å². The summed E-state index contributed by atoms with van der Waals surface area (Å²) in [5.41, 5.74) is 2.69. The maximum atomic E-state index is 9.19. The number of fused-ring (bicyclic) bond motifs is 1. The van der Waals surface area contributed by atoms with Crippen LogP contribution in [0.25, 0.3) is 11.0 Å². The van der Waals surface area contributed by atoms with Gasteiger partial charge in [-0.15, -0.1) is 0 Å². The van der Waals surface area contributed by atoms with Crippen molar-refractivity contribution in [3.63, 3.8) is 0 Å². The number of hydrogen-bond donors (Lipinski definition) is 1. The second-order valence-corrected chi connectivity index (χ2v) is 2.58. The molecule has 0 aliphatic carbocycles. The van der Waals surface area contributed by atoms with Gasteiger partial charge < -0.3 is 5.21 Å². The minimum atomic E-state index is 0.755. The van der Waals surface area contributed by atoms with E-state index in [1.165, 1.54) is 6.33 Å². The van der Waals surface area contributed by atoms with Crippen LogP contribution >= 0.6 is 0 Å². The van der Waals surface area contributed by atoms with Gasteiger partial charge in [0.05, 0.1) is 5.52 Å². The molecule has 0 saturated carbocycles. The fraction of sp³-hybridized carbons (Fsp3) is 0.125. The molecule has 0 fully saturated rings. The second kappa shape index (κ2) is 1.99. The van der Waals surface area contributed by atoms with E-state index < -0.39 is 0 Å². The zero-order chi connectivity index (χ0) is 7.84. The van der Waals surface area contributed by atoms with Gasteiger partial charge in [0.1, 0.15) is 11.8 Å². The van der Waals surface area contributed by atoms with Crippen molar-refractivity contribution >= 4 is 11.0 Å². The van der Waals surface area contributed by atoms with Gasteiger partial charge in [-0.1, -0.05) is 6.07 Å². The van der Waals surface area contributed by atoms with Gasteiger partial charge in [-0.3, -0.25) is 0 Å². The first-order chi connectivity index (χ1) is 5.27. The molecule has 0 spiro atoms. The van der Waals surface area contributed by atoms with E-state index in [9.17, 15) is 5.21 Å². The van der Waals surface area contributed by atoms with Crippen molar-refractivity contribution in [2.45, 2.75) is 6.92 Å². The first-order valence-corrected chi connectivity index (χ1v) is 3.40. The average Bonchev–Trinajstić information content (AvgIpc) is 2.33. The molecular weight excluding hydrogens is 140 g/mol. The highest BCUT2D eigenvalue weighted by Gasteiger charge is 1.98. The highest BCUT2D eigenvalue weighted by molar-refractivity contribution is 5.75. The lowest BCUT2D eigenvalue weighted by Crippen LogP contribution is -1.85. The van der Waals surface area contributed by atoms with E-state index in [1.54, 1.807) is 0 Å². The summed E-state index contributed by atoms with van der Waals surface area (Å²) in [5, 5.41) is 9.19. The van der Waals surface area contributed by atoms with E-state index in [4.69, 9.17) is 0 Å². The molecule has 0 aliphatic heterocycles. The smallest absolute Gasteiger partial charge is 0.133 e. The predicted molar refractivity (Wildman–Crippen MR) is 41.7 cm³/mol. The van der Waals surface area contributed by atoms with E-state index in [-0.39, 0.29) is 0 Å². The Morgan fingerprint density at radius 2 is 2.27 bits per heavy atom. The topological polar surface area (TPSA) is 38.0 Å². The molecule has 11 heavy (non-hydrogen) atoms. The van der Waals surface area contributed by atoms with Crippen LogP contribution in [0.3, 0.4) is 0 Å². The molecule has 0 unspecified atom stereocenters. The number of aryl methyl sites for hydroxylation is 1. The molecule has 1 N–H and O–H groups in total. The zero-order valence-electron chi connectivity index (χ0n) is 6.15. The third-order valence-corrected chi connectivity index (χ3v) is 1.68. The Morgan fingerprint density at radius 1 is 1.45 bits per heavy atom. The minimum absolute atomic E-state index is 0.755. The lowest BCUT2D eigenvalue weighted by Gasteiger charge is -1.93. The lowest BCUT2D eigenvalue weighted by molar-refractivity contribution is 0.198. The van der Waals surface area contributed by atoms with Crippen molar-refractivity contribution in [1.82, 2.24) is 9.71 Å². The molecule has 0 aliphatic rings. The molecule has 3 heteroatoms. The van der Waals surface area contributed by atoms with Crippen LogP contribution in [0, 0.1) is 6.92 Å². The van der Waals surface area contributed by atoms with Crippen LogP contribution in [0.1, 0.15) is 5.56 Å². The van der Waals surface area contributed by atoms with E-state index in [0.29, 0.717) is 0 Å². The van der Waals surface area contributed by atoms with Gasteiger partial charge in [0, 0.05) is 0 Å². The highest BCUT2D eigenvalue weighted by atomic mass is 16.5. The van der Waals surface area contributed by atoms with Crippen LogP contribution in [-0.2, 0) is 0 Å². The van der Waals surface area contributed by atoms with Gasteiger partial charge in [-0.05, 0) is 24.6 Å². The van der Waals surface area contributed by atoms with Gasteiger partial charge in [0.25, 0.3) is 0 Å². The standard InChI is InChI=1S/C8H8N2O/c1-6-2-3-7-8(4-6)10(11)5-9-7/h2-5,11H,1H3. The van der Waals surface area contributed by atoms with Crippen molar-refractivity contribution in [2.24, 2.45) is 0 Å². The van der Waals surface area contributed by atoms with Gasteiger partial charge in [0.2, 0.25) is 0 Å². The number of aromatic nitrogens is 2. The lowest BCUT2D eigenvalue weighted by atomic mass is 10.2. The molecule has 0 radical (unpaired) electrons. The van der Waals surface area contributed by atoms with Crippen molar-refractivity contribution < 1.29 is 5.21 Å². The van der Waals surface area contributed by atoms with Crippen molar-refractivity contribution in [3.05, 3.63) is 30.1 Å². The zero-order valence-corrected chi connectivity index (χ0v) is 6.15. The van der Waals surface area contributed by atoms with E-state index in [0.717, 1.165) is 21.3 Å². The molecule has 3 nitrogen and oxygen atoms in total. The summed E-state index contributed by atoms with van der Waals surface area (Å²) in [6.07, 6.45) is 1.39. The van der Waals surface area contributed by atoms with Crippen molar-refractivity contribution in [3.8, 4) is 0 Å². The molecule has 56 valence electrons. The Kier molecular flexibility index (Phi) is 1.12. The number of nitrogens with zero attached hydrogens (tertiary/aromatic N) is 2. The maximum absolute atomic E-state index is 9.19. The van der Waals surface area contributed by atoms with Crippen LogP contribution in [0.15, 0.2) is 24.5 Å². The number of imidazole rings is 1. The molecule has 1 aromatic carbocycles. The largest absolute Gasteiger partial charge is 0.427 e. The third kappa shape index (κ3) is 0.852. The quantitative estimate of drug-likeness (QED) is 0.576. The van der Waals surface area contributed by atoms with Gasteiger partial charge in [0.15, 0.2) is 0 Å². The molecular formula is C8H8N2O. The summed E-state index contributed by atoms with van der Waals surface area (Å²) in [5.74, 6) is 0. The van der Waals surface area contributed by atoms with E-state index >= 15 is 0 Å². The minimum Gasteiger partial charge on any atom is -0.427 e. The molecule has 1 heterocycles. The summed E-state index contributed by atoms with van der Waals surface area (Å²) in [6, 6.07) is 5.75. The van der Waals surface area contributed by atoms with Crippen LogP contribution in [0.4, 0.5) is 0 Å². The molecule has 0 amide bonds. The SMILES string of the molecule is Cc1ccc2ncn(O)c2c1. The predicted octanol–water partition coefficient (Wildman–Crippen LogP) is 1.58. The monoisotopic (exact) mass is 148 g/mol. The molecule has 0 bridgehead atoms. The summed E-state index contributed by atoms with van der Waals surface area (Å²) < 4.78 is 1.03. The fourth-order valence-corrected chi connectivity index (χ4v) is 1.11. The Morgan fingerprint density at radius 3 is 3.09 bits per heavy atom. The average molecular weight is 148 g/mol. The van der Waals surface area contributed by atoms with E-state index in [2.05, 4.69) is 4.98 Å². The van der Waals surface area contributed by atoms with Crippen LogP contribution in [0.5, 0.6) is 0 Å². The fourth-order valence-electron chi connectivity index (χ4n) is 1.11. The summed E-state index contributed by atoms with van der Waals surface area (Å²) in [6.45, 7) is 1.98. The maximum Gasteiger partial charge on any atom is 0.133 e. The first kappa shape index (κ1) is 6.22. The van der Waals surface area contributed by atoms with Gasteiger partial charge in [-0.25, -0.2) is 4.98 Å². The Hall–Kier alpha value is -1.51. The summed E-state index contributed by atoms with van der Waals surface area (Å²) in [7, 11) is 0. The molecule has 1 aromatic heterocycles. The van der Waals surface area contributed by atoms with Crippen LogP contribution in [0.2, 0.25) is 0 Å². The van der Waals surface area contributed by atoms with E-state index in [1.807, 2.05) is 25.1 Å². The van der Waals surface area contributed by atoms with Crippen molar-refractivity contribution in [1.29, 1.82) is 0 Å². The summed E-state index contributed by atoms with van der Waals surface area (Å²) in [4.78, 5) is 3.97. The van der Waals surface area contributed by atoms with Gasteiger partial charge in [-0.2, -0.15) is 4.73 Å². The third-order valence-electron chi connectivity index (χ3n) is 1.68. The Bertz CT molecular complexity index is 392. The molecule has 2 rings (SSSR count).